The number of piperazine rings is 2. The number of anilines is 1. The van der Waals surface area contributed by atoms with Gasteiger partial charge in [-0.15, -0.1) is 0 Å². The van der Waals surface area contributed by atoms with Gasteiger partial charge in [0.1, 0.15) is 25.8 Å². The Balaban J connectivity index is 1.18. The van der Waals surface area contributed by atoms with Gasteiger partial charge in [0, 0.05) is 44.5 Å². The summed E-state index contributed by atoms with van der Waals surface area (Å²) in [6.45, 7) is 6.17. The molecule has 4 aliphatic heterocycles. The third kappa shape index (κ3) is 3.15. The van der Waals surface area contributed by atoms with Crippen LogP contribution in [0.3, 0.4) is 0 Å². The predicted molar refractivity (Wildman–Crippen MR) is 103 cm³/mol. The second kappa shape index (κ2) is 7.16. The Morgan fingerprint density at radius 2 is 1.75 bits per heavy atom. The summed E-state index contributed by atoms with van der Waals surface area (Å²) in [7, 11) is 0. The number of fused-ring (bicyclic) bond motifs is 2. The van der Waals surface area contributed by atoms with Crippen LogP contribution in [0.1, 0.15) is 12.8 Å². The molecule has 0 saturated carbocycles. The van der Waals surface area contributed by atoms with Crippen molar-refractivity contribution in [1.82, 2.24) is 14.7 Å². The molecule has 1 aromatic rings. The molecule has 1 aromatic carbocycles. The van der Waals surface area contributed by atoms with Gasteiger partial charge in [0.05, 0.1) is 6.67 Å². The number of carbonyl (C=O) groups excluding carboxylic acids is 2. The molecule has 5 rings (SSSR count). The topological polar surface area (TPSA) is 65.6 Å². The minimum atomic E-state index is -0.222. The standard InChI is InChI=1S/C20H26N4O4/c25-19-13-23(20(26)16-2-1-5-24(16)19)14-21-6-8-22(9-7-21)15-3-4-17-18(12-15)28-11-10-27-17/h3-4,12,16H,1-2,5-11,13-14H2. The van der Waals surface area contributed by atoms with Gasteiger partial charge in [0.15, 0.2) is 11.5 Å². The van der Waals surface area contributed by atoms with Gasteiger partial charge in [-0.1, -0.05) is 0 Å². The van der Waals surface area contributed by atoms with Crippen molar-refractivity contribution in [2.75, 3.05) is 64.1 Å². The van der Waals surface area contributed by atoms with Gasteiger partial charge in [0.25, 0.3) is 0 Å². The molecule has 2 amide bonds. The Kier molecular flexibility index (Phi) is 4.50. The quantitative estimate of drug-likeness (QED) is 0.748. The molecular formula is C20H26N4O4. The van der Waals surface area contributed by atoms with E-state index in [-0.39, 0.29) is 24.4 Å². The van der Waals surface area contributed by atoms with Crippen LogP contribution in [0, 0.1) is 0 Å². The number of benzene rings is 1. The number of hydrogen-bond donors (Lipinski definition) is 0. The summed E-state index contributed by atoms with van der Waals surface area (Å²) in [5.41, 5.74) is 1.13. The molecule has 4 aliphatic rings. The Morgan fingerprint density at radius 1 is 0.964 bits per heavy atom. The van der Waals surface area contributed by atoms with E-state index in [1.54, 1.807) is 9.80 Å². The van der Waals surface area contributed by atoms with E-state index in [1.807, 2.05) is 12.1 Å². The van der Waals surface area contributed by atoms with Crippen molar-refractivity contribution in [3.63, 3.8) is 0 Å². The fourth-order valence-corrected chi connectivity index (χ4v) is 4.60. The summed E-state index contributed by atoms with van der Waals surface area (Å²) in [6.07, 6.45) is 1.74. The molecule has 28 heavy (non-hydrogen) atoms. The fraction of sp³-hybridized carbons (Fsp3) is 0.600. The predicted octanol–water partition coefficient (Wildman–Crippen LogP) is 0.371. The maximum atomic E-state index is 12.7. The Bertz CT molecular complexity index is 777. The van der Waals surface area contributed by atoms with Crippen molar-refractivity contribution >= 4 is 17.5 Å². The van der Waals surface area contributed by atoms with E-state index in [0.29, 0.717) is 19.9 Å². The maximum absolute atomic E-state index is 12.7. The fourth-order valence-electron chi connectivity index (χ4n) is 4.60. The van der Waals surface area contributed by atoms with Crippen LogP contribution >= 0.6 is 0 Å². The maximum Gasteiger partial charge on any atom is 0.246 e. The molecule has 0 aromatic heterocycles. The molecule has 1 unspecified atom stereocenters. The van der Waals surface area contributed by atoms with Gasteiger partial charge < -0.3 is 24.2 Å². The lowest BCUT2D eigenvalue weighted by Crippen LogP contribution is -2.60. The normalized spacial score (nSPS) is 25.3. The van der Waals surface area contributed by atoms with Crippen LogP contribution < -0.4 is 14.4 Å². The van der Waals surface area contributed by atoms with E-state index < -0.39 is 0 Å². The van der Waals surface area contributed by atoms with Crippen LogP contribution in [-0.4, -0.2) is 91.7 Å². The summed E-state index contributed by atoms with van der Waals surface area (Å²) >= 11 is 0. The van der Waals surface area contributed by atoms with Gasteiger partial charge in [-0.3, -0.25) is 14.5 Å². The molecule has 4 heterocycles. The van der Waals surface area contributed by atoms with Crippen LogP contribution in [-0.2, 0) is 9.59 Å². The molecule has 0 aliphatic carbocycles. The van der Waals surface area contributed by atoms with E-state index >= 15 is 0 Å². The number of ether oxygens (including phenoxy) is 2. The third-order valence-electron chi connectivity index (χ3n) is 6.13. The monoisotopic (exact) mass is 386 g/mol. The zero-order valence-electron chi connectivity index (χ0n) is 16.0. The number of rotatable bonds is 3. The first kappa shape index (κ1) is 17.6. The molecule has 8 heteroatoms. The largest absolute Gasteiger partial charge is 0.486 e. The Hall–Kier alpha value is -2.48. The van der Waals surface area contributed by atoms with Crippen molar-refractivity contribution in [2.24, 2.45) is 0 Å². The zero-order chi connectivity index (χ0) is 19.1. The van der Waals surface area contributed by atoms with Crippen LogP contribution in [0.15, 0.2) is 18.2 Å². The third-order valence-corrected chi connectivity index (χ3v) is 6.13. The van der Waals surface area contributed by atoms with E-state index in [0.717, 1.165) is 62.8 Å². The number of carbonyl (C=O) groups is 2. The summed E-state index contributed by atoms with van der Waals surface area (Å²) in [5, 5.41) is 0. The molecular weight excluding hydrogens is 360 g/mol. The lowest BCUT2D eigenvalue weighted by atomic mass is 10.1. The van der Waals surface area contributed by atoms with Crippen LogP contribution in [0.2, 0.25) is 0 Å². The number of amides is 2. The van der Waals surface area contributed by atoms with Gasteiger partial charge in [-0.2, -0.15) is 0 Å². The highest BCUT2D eigenvalue weighted by atomic mass is 16.6. The second-order valence-corrected chi connectivity index (χ2v) is 7.86. The van der Waals surface area contributed by atoms with Gasteiger partial charge in [-0.25, -0.2) is 0 Å². The van der Waals surface area contributed by atoms with E-state index in [4.69, 9.17) is 9.47 Å². The van der Waals surface area contributed by atoms with Crippen molar-refractivity contribution in [3.8, 4) is 11.5 Å². The SMILES string of the molecule is O=C1C2CCCN2C(=O)CN1CN1CCN(c2ccc3c(c2)OCCO3)CC1. The molecule has 3 saturated heterocycles. The number of hydrogen-bond acceptors (Lipinski definition) is 6. The molecule has 0 bridgehead atoms. The smallest absolute Gasteiger partial charge is 0.246 e. The van der Waals surface area contributed by atoms with Gasteiger partial charge >= 0.3 is 0 Å². The van der Waals surface area contributed by atoms with Crippen LogP contribution in [0.5, 0.6) is 11.5 Å². The van der Waals surface area contributed by atoms with Crippen molar-refractivity contribution < 1.29 is 19.1 Å². The van der Waals surface area contributed by atoms with E-state index in [1.165, 1.54) is 0 Å². The van der Waals surface area contributed by atoms with E-state index in [9.17, 15) is 9.59 Å². The summed E-state index contributed by atoms with van der Waals surface area (Å²) in [5.74, 6) is 1.83. The average molecular weight is 386 g/mol. The zero-order valence-corrected chi connectivity index (χ0v) is 16.0. The minimum Gasteiger partial charge on any atom is -0.486 e. The Labute approximate surface area is 164 Å². The summed E-state index contributed by atoms with van der Waals surface area (Å²) < 4.78 is 11.3. The Morgan fingerprint density at radius 3 is 2.57 bits per heavy atom. The molecule has 0 N–H and O–H groups in total. The number of nitrogens with zero attached hydrogens (tertiary/aromatic N) is 4. The first-order valence-corrected chi connectivity index (χ1v) is 10.1. The highest BCUT2D eigenvalue weighted by molar-refractivity contribution is 5.95. The molecule has 0 radical (unpaired) electrons. The minimum absolute atomic E-state index is 0.0945. The lowest BCUT2D eigenvalue weighted by Gasteiger charge is -2.42. The van der Waals surface area contributed by atoms with Crippen LogP contribution in [0.25, 0.3) is 0 Å². The first-order valence-electron chi connectivity index (χ1n) is 10.1. The summed E-state index contributed by atoms with van der Waals surface area (Å²) in [4.78, 5) is 33.1. The van der Waals surface area contributed by atoms with Gasteiger partial charge in [-0.05, 0) is 25.0 Å². The molecule has 8 nitrogen and oxygen atoms in total. The van der Waals surface area contributed by atoms with Gasteiger partial charge in [0.2, 0.25) is 11.8 Å². The lowest BCUT2D eigenvalue weighted by molar-refractivity contribution is -0.155. The molecule has 3 fully saturated rings. The second-order valence-electron chi connectivity index (χ2n) is 7.86. The molecule has 150 valence electrons. The highest BCUT2D eigenvalue weighted by Crippen LogP contribution is 2.34. The highest BCUT2D eigenvalue weighted by Gasteiger charge is 2.42. The van der Waals surface area contributed by atoms with Crippen molar-refractivity contribution in [2.45, 2.75) is 18.9 Å². The first-order chi connectivity index (χ1) is 13.7. The van der Waals surface area contributed by atoms with Crippen molar-refractivity contribution in [1.29, 1.82) is 0 Å². The summed E-state index contributed by atoms with van der Waals surface area (Å²) in [6, 6.07) is 5.87. The molecule has 1 atom stereocenters. The average Bonchev–Trinajstić information content (AvgIpc) is 3.23. The van der Waals surface area contributed by atoms with Crippen molar-refractivity contribution in [3.05, 3.63) is 18.2 Å². The van der Waals surface area contributed by atoms with Crippen LogP contribution in [0.4, 0.5) is 5.69 Å². The van der Waals surface area contributed by atoms with E-state index in [2.05, 4.69) is 15.9 Å². The molecule has 0 spiro atoms.